The molecule has 1 aromatic rings. The summed E-state index contributed by atoms with van der Waals surface area (Å²) in [6.45, 7) is 1.37. The molecule has 1 unspecified atom stereocenters. The summed E-state index contributed by atoms with van der Waals surface area (Å²) in [6.07, 6.45) is 1.28. The summed E-state index contributed by atoms with van der Waals surface area (Å²) in [5.41, 5.74) is 6.49. The third-order valence-electron chi connectivity index (χ3n) is 4.04. The first-order valence-electron chi connectivity index (χ1n) is 6.51. The molecule has 0 aromatic heterocycles. The van der Waals surface area contributed by atoms with Gasteiger partial charge in [-0.25, -0.2) is 9.18 Å². The van der Waals surface area contributed by atoms with Gasteiger partial charge in [0.05, 0.1) is 0 Å². The average molecular weight is 266 g/mol. The smallest absolute Gasteiger partial charge is 0.407 e. The molecule has 1 atom stereocenters. The van der Waals surface area contributed by atoms with Gasteiger partial charge < -0.3 is 15.7 Å². The Balaban J connectivity index is 2.25. The molecule has 1 amide bonds. The lowest BCUT2D eigenvalue weighted by atomic mass is 9.74. The lowest BCUT2D eigenvalue weighted by Gasteiger charge is -2.32. The van der Waals surface area contributed by atoms with Crippen molar-refractivity contribution < 1.29 is 14.3 Å². The van der Waals surface area contributed by atoms with Crippen LogP contribution in [-0.2, 0) is 5.41 Å². The highest BCUT2D eigenvalue weighted by Gasteiger charge is 2.34. The first-order chi connectivity index (χ1) is 9.07. The van der Waals surface area contributed by atoms with Gasteiger partial charge in [-0.2, -0.15) is 0 Å². The first kappa shape index (κ1) is 13.8. The number of carbonyl (C=O) groups is 1. The van der Waals surface area contributed by atoms with Crippen molar-refractivity contribution in [3.63, 3.8) is 0 Å². The van der Waals surface area contributed by atoms with Crippen LogP contribution < -0.4 is 5.73 Å². The van der Waals surface area contributed by atoms with Crippen molar-refractivity contribution in [2.75, 3.05) is 19.6 Å². The van der Waals surface area contributed by atoms with Gasteiger partial charge in [-0.15, -0.1) is 0 Å². The number of carboxylic acid groups (broad SMARTS) is 1. The Kier molecular flexibility index (Phi) is 4.04. The summed E-state index contributed by atoms with van der Waals surface area (Å²) in [4.78, 5) is 12.4. The van der Waals surface area contributed by atoms with E-state index < -0.39 is 6.09 Å². The monoisotopic (exact) mass is 266 g/mol. The van der Waals surface area contributed by atoms with E-state index in [-0.39, 0.29) is 11.2 Å². The van der Waals surface area contributed by atoms with Crippen molar-refractivity contribution in [3.8, 4) is 0 Å². The summed E-state index contributed by atoms with van der Waals surface area (Å²) in [7, 11) is 0. The number of hydrogen-bond acceptors (Lipinski definition) is 2. The molecule has 0 radical (unpaired) electrons. The molecule has 1 aliphatic rings. The summed E-state index contributed by atoms with van der Waals surface area (Å²) in [5, 5.41) is 9.06. The average Bonchev–Trinajstić information content (AvgIpc) is 2.62. The SMILES string of the molecule is NCC1(c2cccc(F)c2)CCCN(C(=O)O)CC1. The van der Waals surface area contributed by atoms with Gasteiger partial charge in [0.1, 0.15) is 5.82 Å². The molecule has 2 rings (SSSR count). The molecule has 1 heterocycles. The van der Waals surface area contributed by atoms with Crippen molar-refractivity contribution >= 4 is 6.09 Å². The molecule has 1 fully saturated rings. The molecule has 19 heavy (non-hydrogen) atoms. The lowest BCUT2D eigenvalue weighted by Crippen LogP contribution is -2.37. The van der Waals surface area contributed by atoms with Crippen molar-refractivity contribution in [3.05, 3.63) is 35.6 Å². The van der Waals surface area contributed by atoms with Gasteiger partial charge >= 0.3 is 6.09 Å². The molecule has 0 bridgehead atoms. The molecule has 1 aromatic carbocycles. The van der Waals surface area contributed by atoms with Crippen molar-refractivity contribution in [1.29, 1.82) is 0 Å². The second-order valence-corrected chi connectivity index (χ2v) is 5.12. The van der Waals surface area contributed by atoms with Gasteiger partial charge in [0.25, 0.3) is 0 Å². The topological polar surface area (TPSA) is 66.6 Å². The first-order valence-corrected chi connectivity index (χ1v) is 6.51. The van der Waals surface area contributed by atoms with Crippen LogP contribution in [0, 0.1) is 5.82 Å². The Labute approximate surface area is 112 Å². The Morgan fingerprint density at radius 2 is 2.21 bits per heavy atom. The van der Waals surface area contributed by atoms with E-state index in [1.807, 2.05) is 6.07 Å². The van der Waals surface area contributed by atoms with Crippen LogP contribution in [0.2, 0.25) is 0 Å². The third kappa shape index (κ3) is 2.87. The van der Waals surface area contributed by atoms with E-state index in [4.69, 9.17) is 10.8 Å². The maximum absolute atomic E-state index is 13.4. The third-order valence-corrected chi connectivity index (χ3v) is 4.04. The fourth-order valence-corrected chi connectivity index (χ4v) is 2.81. The van der Waals surface area contributed by atoms with E-state index in [2.05, 4.69) is 0 Å². The van der Waals surface area contributed by atoms with Crippen molar-refractivity contribution in [2.24, 2.45) is 5.73 Å². The molecular formula is C14H19FN2O2. The molecule has 3 N–H and O–H groups in total. The van der Waals surface area contributed by atoms with E-state index in [1.165, 1.54) is 17.0 Å². The highest BCUT2D eigenvalue weighted by Crippen LogP contribution is 2.34. The summed E-state index contributed by atoms with van der Waals surface area (Å²) in [6, 6.07) is 6.49. The van der Waals surface area contributed by atoms with Crippen LogP contribution in [0.5, 0.6) is 0 Å². The second kappa shape index (κ2) is 5.57. The number of halogens is 1. The minimum Gasteiger partial charge on any atom is -0.465 e. The Morgan fingerprint density at radius 1 is 1.42 bits per heavy atom. The van der Waals surface area contributed by atoms with Gasteiger partial charge in [0.2, 0.25) is 0 Å². The number of nitrogens with two attached hydrogens (primary N) is 1. The number of rotatable bonds is 2. The maximum Gasteiger partial charge on any atom is 0.407 e. The minimum atomic E-state index is -0.896. The second-order valence-electron chi connectivity index (χ2n) is 5.12. The molecule has 1 aliphatic heterocycles. The van der Waals surface area contributed by atoms with Crippen LogP contribution in [0.15, 0.2) is 24.3 Å². The zero-order valence-electron chi connectivity index (χ0n) is 10.8. The molecule has 0 saturated carbocycles. The van der Waals surface area contributed by atoms with Gasteiger partial charge in [0, 0.05) is 25.0 Å². The summed E-state index contributed by atoms with van der Waals surface area (Å²) in [5.74, 6) is -0.273. The Bertz CT molecular complexity index is 467. The number of likely N-dealkylation sites (tertiary alicyclic amines) is 1. The van der Waals surface area contributed by atoms with E-state index in [9.17, 15) is 9.18 Å². The molecule has 0 aliphatic carbocycles. The molecule has 1 saturated heterocycles. The van der Waals surface area contributed by atoms with Gasteiger partial charge in [-0.05, 0) is 37.0 Å². The predicted molar refractivity (Wildman–Crippen MR) is 70.6 cm³/mol. The van der Waals surface area contributed by atoms with E-state index in [0.717, 1.165) is 18.4 Å². The summed E-state index contributed by atoms with van der Waals surface area (Å²) >= 11 is 0. The highest BCUT2D eigenvalue weighted by atomic mass is 19.1. The molecule has 4 nitrogen and oxygen atoms in total. The zero-order valence-corrected chi connectivity index (χ0v) is 10.8. The van der Waals surface area contributed by atoms with Crippen LogP contribution >= 0.6 is 0 Å². The lowest BCUT2D eigenvalue weighted by molar-refractivity contribution is 0.146. The zero-order chi connectivity index (χ0) is 13.9. The minimum absolute atomic E-state index is 0.273. The van der Waals surface area contributed by atoms with Crippen molar-refractivity contribution in [2.45, 2.75) is 24.7 Å². The molecule has 5 heteroatoms. The van der Waals surface area contributed by atoms with Gasteiger partial charge in [0.15, 0.2) is 0 Å². The largest absolute Gasteiger partial charge is 0.465 e. The van der Waals surface area contributed by atoms with E-state index >= 15 is 0 Å². The van der Waals surface area contributed by atoms with Crippen LogP contribution in [0.4, 0.5) is 9.18 Å². The number of hydrogen-bond donors (Lipinski definition) is 2. The number of nitrogens with zero attached hydrogens (tertiary/aromatic N) is 1. The Morgan fingerprint density at radius 3 is 2.84 bits per heavy atom. The van der Waals surface area contributed by atoms with Gasteiger partial charge in [-0.1, -0.05) is 12.1 Å². The standard InChI is InChI=1S/C14H19FN2O2/c15-12-4-1-3-11(9-12)14(10-16)5-2-7-17(8-6-14)13(18)19/h1,3-4,9H,2,5-8,10,16H2,(H,18,19). The number of benzene rings is 1. The van der Waals surface area contributed by atoms with Gasteiger partial charge in [-0.3, -0.25) is 0 Å². The van der Waals surface area contributed by atoms with Crippen LogP contribution in [-0.4, -0.2) is 35.7 Å². The maximum atomic E-state index is 13.4. The van der Waals surface area contributed by atoms with E-state index in [1.54, 1.807) is 6.07 Å². The molecular weight excluding hydrogens is 247 g/mol. The molecule has 104 valence electrons. The quantitative estimate of drug-likeness (QED) is 0.862. The van der Waals surface area contributed by atoms with Crippen LogP contribution in [0.3, 0.4) is 0 Å². The van der Waals surface area contributed by atoms with Crippen LogP contribution in [0.25, 0.3) is 0 Å². The highest BCUT2D eigenvalue weighted by molar-refractivity contribution is 5.65. The van der Waals surface area contributed by atoms with Crippen molar-refractivity contribution in [1.82, 2.24) is 4.90 Å². The molecule has 0 spiro atoms. The number of amides is 1. The predicted octanol–water partition coefficient (Wildman–Crippen LogP) is 2.19. The summed E-state index contributed by atoms with van der Waals surface area (Å²) < 4.78 is 13.4. The Hall–Kier alpha value is -1.62. The fourth-order valence-electron chi connectivity index (χ4n) is 2.81. The van der Waals surface area contributed by atoms with Crippen LogP contribution in [0.1, 0.15) is 24.8 Å². The van der Waals surface area contributed by atoms with E-state index in [0.29, 0.717) is 26.1 Å². The fraction of sp³-hybridized carbons (Fsp3) is 0.500. The normalized spacial score (nSPS) is 24.0.